The van der Waals surface area contributed by atoms with Crippen LogP contribution in [0.5, 0.6) is 0 Å². The first-order valence-corrected chi connectivity index (χ1v) is 8.62. The van der Waals surface area contributed by atoms with Gasteiger partial charge < -0.3 is 0 Å². The Bertz CT molecular complexity index is 1260. The minimum absolute atomic E-state index is 0.260. The van der Waals surface area contributed by atoms with E-state index >= 15 is 0 Å². The molecule has 2 aromatic heterocycles. The SMILES string of the molecule is CN1C(=O)c2cnc3c(c(-c4ccccc4)nn3-c3ccc(F)cc3)c2C1=O. The number of fused-ring (bicyclic) bond motifs is 3. The second kappa shape index (κ2) is 5.82. The Morgan fingerprint density at radius 1 is 0.929 bits per heavy atom. The summed E-state index contributed by atoms with van der Waals surface area (Å²) in [5.41, 5.74) is 2.92. The van der Waals surface area contributed by atoms with E-state index in [1.165, 1.54) is 25.4 Å². The van der Waals surface area contributed by atoms with Crippen LogP contribution < -0.4 is 0 Å². The fraction of sp³-hybridized carbons (Fsp3) is 0.0476. The summed E-state index contributed by atoms with van der Waals surface area (Å²) in [4.78, 5) is 30.7. The number of carbonyl (C=O) groups is 2. The van der Waals surface area contributed by atoms with E-state index in [0.29, 0.717) is 28.0 Å². The van der Waals surface area contributed by atoms with Crippen molar-refractivity contribution in [1.82, 2.24) is 19.7 Å². The maximum atomic E-state index is 13.4. The zero-order chi connectivity index (χ0) is 19.4. The molecule has 6 nitrogen and oxygen atoms in total. The molecule has 5 rings (SSSR count). The van der Waals surface area contributed by atoms with E-state index in [4.69, 9.17) is 0 Å². The number of halogens is 1. The second-order valence-electron chi connectivity index (χ2n) is 6.52. The maximum Gasteiger partial charge on any atom is 0.262 e. The van der Waals surface area contributed by atoms with E-state index in [0.717, 1.165) is 10.5 Å². The average molecular weight is 372 g/mol. The molecule has 0 atom stereocenters. The number of hydrogen-bond acceptors (Lipinski definition) is 4. The molecule has 0 fully saturated rings. The largest absolute Gasteiger partial charge is 0.277 e. The molecule has 7 heteroatoms. The summed E-state index contributed by atoms with van der Waals surface area (Å²) >= 11 is 0. The van der Waals surface area contributed by atoms with Crippen molar-refractivity contribution in [3.05, 3.63) is 77.7 Å². The highest BCUT2D eigenvalue weighted by Crippen LogP contribution is 2.36. The molecule has 0 unspecified atom stereocenters. The maximum absolute atomic E-state index is 13.4. The quantitative estimate of drug-likeness (QED) is 0.506. The molecule has 136 valence electrons. The average Bonchev–Trinajstić information content (AvgIpc) is 3.21. The molecular weight excluding hydrogens is 359 g/mol. The van der Waals surface area contributed by atoms with Gasteiger partial charge in [-0.2, -0.15) is 5.10 Å². The highest BCUT2D eigenvalue weighted by molar-refractivity contribution is 6.27. The van der Waals surface area contributed by atoms with E-state index in [-0.39, 0.29) is 23.2 Å². The lowest BCUT2D eigenvalue weighted by molar-refractivity contribution is 0.0693. The molecule has 0 saturated heterocycles. The van der Waals surface area contributed by atoms with Gasteiger partial charge in [0, 0.05) is 18.8 Å². The zero-order valence-corrected chi connectivity index (χ0v) is 14.8. The summed E-state index contributed by atoms with van der Waals surface area (Å²) in [6, 6.07) is 15.2. The van der Waals surface area contributed by atoms with Crippen molar-refractivity contribution in [3.63, 3.8) is 0 Å². The molecule has 0 bridgehead atoms. The van der Waals surface area contributed by atoms with Crippen LogP contribution in [0.1, 0.15) is 20.7 Å². The Hall–Kier alpha value is -3.87. The summed E-state index contributed by atoms with van der Waals surface area (Å²) in [5.74, 6) is -1.13. The molecule has 0 radical (unpaired) electrons. The van der Waals surface area contributed by atoms with Gasteiger partial charge in [-0.15, -0.1) is 0 Å². The molecule has 0 N–H and O–H groups in total. The molecule has 1 aliphatic rings. The topological polar surface area (TPSA) is 68.1 Å². The van der Waals surface area contributed by atoms with E-state index < -0.39 is 0 Å². The minimum atomic E-state index is -0.386. The number of pyridine rings is 1. The molecule has 0 spiro atoms. The number of rotatable bonds is 2. The van der Waals surface area contributed by atoms with Crippen LogP contribution in [-0.2, 0) is 0 Å². The lowest BCUT2D eigenvalue weighted by atomic mass is 10.0. The van der Waals surface area contributed by atoms with Gasteiger partial charge in [0.2, 0.25) is 0 Å². The highest BCUT2D eigenvalue weighted by atomic mass is 19.1. The number of aromatic nitrogens is 3. The van der Waals surface area contributed by atoms with Crippen molar-refractivity contribution in [2.75, 3.05) is 7.05 Å². The Balaban J connectivity index is 1.89. The first kappa shape index (κ1) is 16.3. The number of carbonyl (C=O) groups excluding carboxylic acids is 2. The Morgan fingerprint density at radius 3 is 2.36 bits per heavy atom. The fourth-order valence-corrected chi connectivity index (χ4v) is 3.47. The van der Waals surface area contributed by atoms with Gasteiger partial charge in [0.15, 0.2) is 5.65 Å². The predicted molar refractivity (Wildman–Crippen MR) is 101 cm³/mol. The minimum Gasteiger partial charge on any atom is -0.277 e. The van der Waals surface area contributed by atoms with Gasteiger partial charge >= 0.3 is 0 Å². The normalized spacial score (nSPS) is 13.4. The summed E-state index contributed by atoms with van der Waals surface area (Å²) in [6.45, 7) is 0. The second-order valence-corrected chi connectivity index (χ2v) is 6.52. The molecular formula is C21H13FN4O2. The van der Waals surface area contributed by atoms with Gasteiger partial charge in [-0.05, 0) is 24.3 Å². The monoisotopic (exact) mass is 372 g/mol. The lowest BCUT2D eigenvalue weighted by Crippen LogP contribution is -2.24. The number of benzene rings is 2. The van der Waals surface area contributed by atoms with Crippen LogP contribution in [0, 0.1) is 5.82 Å². The number of imide groups is 1. The Morgan fingerprint density at radius 2 is 1.64 bits per heavy atom. The third-order valence-electron chi connectivity index (χ3n) is 4.87. The van der Waals surface area contributed by atoms with Crippen LogP contribution in [0.25, 0.3) is 28.0 Å². The van der Waals surface area contributed by atoms with E-state index in [1.807, 2.05) is 30.3 Å². The fourth-order valence-electron chi connectivity index (χ4n) is 3.47. The first-order chi connectivity index (χ1) is 13.6. The summed E-state index contributed by atoms with van der Waals surface area (Å²) < 4.78 is 14.9. The van der Waals surface area contributed by atoms with Crippen molar-refractivity contribution in [1.29, 1.82) is 0 Å². The number of nitrogens with zero attached hydrogens (tertiary/aromatic N) is 4. The smallest absolute Gasteiger partial charge is 0.262 e. The van der Waals surface area contributed by atoms with Gasteiger partial charge in [0.1, 0.15) is 11.5 Å². The van der Waals surface area contributed by atoms with Crippen LogP contribution in [0.4, 0.5) is 4.39 Å². The molecule has 0 saturated carbocycles. The van der Waals surface area contributed by atoms with Crippen molar-refractivity contribution < 1.29 is 14.0 Å². The van der Waals surface area contributed by atoms with Gasteiger partial charge in [-0.1, -0.05) is 30.3 Å². The third kappa shape index (κ3) is 2.19. The van der Waals surface area contributed by atoms with Gasteiger partial charge in [-0.3, -0.25) is 14.5 Å². The Labute approximate surface area is 158 Å². The predicted octanol–water partition coefficient (Wildman–Crippen LogP) is 3.45. The lowest BCUT2D eigenvalue weighted by Gasteiger charge is -2.03. The summed E-state index contributed by atoms with van der Waals surface area (Å²) in [5, 5.41) is 5.18. The van der Waals surface area contributed by atoms with Crippen molar-refractivity contribution >= 4 is 22.8 Å². The van der Waals surface area contributed by atoms with E-state index in [2.05, 4.69) is 10.1 Å². The molecule has 3 heterocycles. The van der Waals surface area contributed by atoms with Crippen LogP contribution in [0.3, 0.4) is 0 Å². The van der Waals surface area contributed by atoms with E-state index in [1.54, 1.807) is 16.8 Å². The molecule has 28 heavy (non-hydrogen) atoms. The molecule has 2 amide bonds. The Kier molecular flexibility index (Phi) is 3.39. The summed E-state index contributed by atoms with van der Waals surface area (Å²) in [6.07, 6.45) is 1.40. The van der Waals surface area contributed by atoms with Crippen LogP contribution in [0.2, 0.25) is 0 Å². The number of amides is 2. The standard InChI is InChI=1S/C21H13FN4O2/c1-25-20(27)15-11-23-19-17(16(15)21(25)28)18(12-5-3-2-4-6-12)24-26(19)14-9-7-13(22)8-10-14/h2-11H,1H3. The zero-order valence-electron chi connectivity index (χ0n) is 14.8. The molecule has 1 aliphatic heterocycles. The molecule has 2 aromatic carbocycles. The first-order valence-electron chi connectivity index (χ1n) is 8.62. The van der Waals surface area contributed by atoms with Gasteiger partial charge in [0.25, 0.3) is 11.8 Å². The van der Waals surface area contributed by atoms with Crippen LogP contribution >= 0.6 is 0 Å². The third-order valence-corrected chi connectivity index (χ3v) is 4.87. The highest BCUT2D eigenvalue weighted by Gasteiger charge is 2.37. The van der Waals surface area contributed by atoms with Gasteiger partial charge in [0.05, 0.1) is 22.2 Å². The van der Waals surface area contributed by atoms with Gasteiger partial charge in [-0.25, -0.2) is 14.1 Å². The van der Waals surface area contributed by atoms with Crippen molar-refractivity contribution in [2.24, 2.45) is 0 Å². The summed E-state index contributed by atoms with van der Waals surface area (Å²) in [7, 11) is 1.45. The van der Waals surface area contributed by atoms with Crippen LogP contribution in [0.15, 0.2) is 60.8 Å². The van der Waals surface area contributed by atoms with Crippen LogP contribution in [-0.4, -0.2) is 38.5 Å². The van der Waals surface area contributed by atoms with Crippen molar-refractivity contribution in [3.8, 4) is 16.9 Å². The number of hydrogen-bond donors (Lipinski definition) is 0. The molecule has 4 aromatic rings. The molecule has 0 aliphatic carbocycles. The van der Waals surface area contributed by atoms with E-state index in [9.17, 15) is 14.0 Å². The van der Waals surface area contributed by atoms with Crippen molar-refractivity contribution in [2.45, 2.75) is 0 Å².